The van der Waals surface area contributed by atoms with E-state index >= 15 is 0 Å². The van der Waals surface area contributed by atoms with Gasteiger partial charge in [-0.1, -0.05) is 18.2 Å². The van der Waals surface area contributed by atoms with Gasteiger partial charge < -0.3 is 4.42 Å². The summed E-state index contributed by atoms with van der Waals surface area (Å²) in [5.41, 5.74) is 6.93. The summed E-state index contributed by atoms with van der Waals surface area (Å²) in [5.74, 6) is 6.53. The molecule has 1 atom stereocenters. The van der Waals surface area contributed by atoms with Gasteiger partial charge in [0, 0.05) is 23.7 Å². The van der Waals surface area contributed by atoms with Crippen LogP contribution in [0, 0.1) is 13.8 Å². The Hall–Kier alpha value is -2.11. The lowest BCUT2D eigenvalue weighted by atomic mass is 10.1. The molecule has 0 aliphatic rings. The molecule has 2 aromatic heterocycles. The van der Waals surface area contributed by atoms with Crippen LogP contribution in [0.2, 0.25) is 0 Å². The fraction of sp³-hybridized carbons (Fsp3) is 0.267. The van der Waals surface area contributed by atoms with Gasteiger partial charge in [0.1, 0.15) is 17.4 Å². The third kappa shape index (κ3) is 1.92. The first-order valence-electron chi connectivity index (χ1n) is 6.55. The molecule has 5 nitrogen and oxygen atoms in total. The number of para-hydroxylation sites is 1. The molecule has 0 bridgehead atoms. The van der Waals surface area contributed by atoms with Crippen molar-refractivity contribution in [1.82, 2.24) is 15.2 Å². The SMILES string of the molecule is Cc1cccc2cc(C(NN)c3cnn(C)c3C)oc12. The number of furan rings is 1. The van der Waals surface area contributed by atoms with Gasteiger partial charge in [0.2, 0.25) is 0 Å². The molecule has 20 heavy (non-hydrogen) atoms. The summed E-state index contributed by atoms with van der Waals surface area (Å²) < 4.78 is 7.82. The molecule has 3 N–H and O–H groups in total. The van der Waals surface area contributed by atoms with Crippen molar-refractivity contribution in [1.29, 1.82) is 0 Å². The Bertz CT molecular complexity index is 756. The number of hydrogen-bond donors (Lipinski definition) is 2. The summed E-state index contributed by atoms with van der Waals surface area (Å²) in [6.45, 7) is 4.05. The van der Waals surface area contributed by atoms with E-state index in [1.807, 2.05) is 56.0 Å². The lowest BCUT2D eigenvalue weighted by Crippen LogP contribution is -2.28. The highest BCUT2D eigenvalue weighted by Gasteiger charge is 2.21. The van der Waals surface area contributed by atoms with Crippen molar-refractivity contribution in [3.8, 4) is 0 Å². The Labute approximate surface area is 117 Å². The first kappa shape index (κ1) is 12.9. The highest BCUT2D eigenvalue weighted by molar-refractivity contribution is 5.81. The molecule has 0 aliphatic heterocycles. The van der Waals surface area contributed by atoms with Gasteiger partial charge in [-0.15, -0.1) is 0 Å². The highest BCUT2D eigenvalue weighted by Crippen LogP contribution is 2.30. The summed E-state index contributed by atoms with van der Waals surface area (Å²) in [7, 11) is 1.91. The van der Waals surface area contributed by atoms with Crippen LogP contribution in [-0.2, 0) is 7.05 Å². The number of aryl methyl sites for hydroxylation is 2. The lowest BCUT2D eigenvalue weighted by Gasteiger charge is -2.12. The third-order valence-electron chi connectivity index (χ3n) is 3.80. The Kier molecular flexibility index (Phi) is 3.08. The van der Waals surface area contributed by atoms with Gasteiger partial charge in [-0.3, -0.25) is 10.5 Å². The average molecular weight is 270 g/mol. The smallest absolute Gasteiger partial charge is 0.137 e. The minimum absolute atomic E-state index is 0.199. The Balaban J connectivity index is 2.12. The van der Waals surface area contributed by atoms with E-state index in [1.165, 1.54) is 0 Å². The van der Waals surface area contributed by atoms with Gasteiger partial charge >= 0.3 is 0 Å². The van der Waals surface area contributed by atoms with Crippen LogP contribution in [0.3, 0.4) is 0 Å². The van der Waals surface area contributed by atoms with Crippen LogP contribution in [0.5, 0.6) is 0 Å². The monoisotopic (exact) mass is 270 g/mol. The standard InChI is InChI=1S/C15H18N4O/c1-9-5-4-6-11-7-13(20-15(9)11)14(18-16)12-8-17-19(3)10(12)2/h4-8,14,18H,16H2,1-3H3. The molecule has 0 fully saturated rings. The number of nitrogens with zero attached hydrogens (tertiary/aromatic N) is 2. The zero-order valence-corrected chi connectivity index (χ0v) is 11.8. The first-order chi connectivity index (χ1) is 9.61. The van der Waals surface area contributed by atoms with E-state index < -0.39 is 0 Å². The summed E-state index contributed by atoms with van der Waals surface area (Å²) in [6, 6.07) is 7.93. The predicted molar refractivity (Wildman–Crippen MR) is 78.1 cm³/mol. The number of benzene rings is 1. The normalized spacial score (nSPS) is 13.0. The fourth-order valence-corrected chi connectivity index (χ4v) is 2.50. The molecule has 1 unspecified atom stereocenters. The zero-order chi connectivity index (χ0) is 14.3. The summed E-state index contributed by atoms with van der Waals surface area (Å²) >= 11 is 0. The van der Waals surface area contributed by atoms with Crippen molar-refractivity contribution in [2.45, 2.75) is 19.9 Å². The molecule has 0 saturated heterocycles. The topological polar surface area (TPSA) is 69.0 Å². The molecular formula is C15H18N4O. The second-order valence-electron chi connectivity index (χ2n) is 5.05. The molecule has 104 valence electrons. The van der Waals surface area contributed by atoms with Crippen LogP contribution in [0.25, 0.3) is 11.0 Å². The molecule has 1 aromatic carbocycles. The number of hydrazine groups is 1. The van der Waals surface area contributed by atoms with Crippen molar-refractivity contribution in [2.24, 2.45) is 12.9 Å². The molecular weight excluding hydrogens is 252 g/mol. The molecule has 0 spiro atoms. The summed E-state index contributed by atoms with van der Waals surface area (Å²) in [4.78, 5) is 0. The number of rotatable bonds is 3. The Morgan fingerprint density at radius 3 is 2.75 bits per heavy atom. The molecule has 2 heterocycles. The average Bonchev–Trinajstić information content (AvgIpc) is 2.99. The van der Waals surface area contributed by atoms with Crippen molar-refractivity contribution in [2.75, 3.05) is 0 Å². The van der Waals surface area contributed by atoms with E-state index in [-0.39, 0.29) is 6.04 Å². The zero-order valence-electron chi connectivity index (χ0n) is 11.8. The summed E-state index contributed by atoms with van der Waals surface area (Å²) in [5, 5.41) is 5.35. The number of nitrogens with one attached hydrogen (secondary N) is 1. The molecule has 0 radical (unpaired) electrons. The van der Waals surface area contributed by atoms with Crippen LogP contribution >= 0.6 is 0 Å². The van der Waals surface area contributed by atoms with Crippen LogP contribution in [0.15, 0.2) is 34.9 Å². The fourth-order valence-electron chi connectivity index (χ4n) is 2.50. The second-order valence-corrected chi connectivity index (χ2v) is 5.05. The third-order valence-corrected chi connectivity index (χ3v) is 3.80. The molecule has 0 saturated carbocycles. The van der Waals surface area contributed by atoms with Gasteiger partial charge in [-0.25, -0.2) is 5.43 Å². The number of fused-ring (bicyclic) bond motifs is 1. The molecule has 3 rings (SSSR count). The van der Waals surface area contributed by atoms with Crippen molar-refractivity contribution in [3.63, 3.8) is 0 Å². The molecule has 5 heteroatoms. The number of hydrogen-bond acceptors (Lipinski definition) is 4. The lowest BCUT2D eigenvalue weighted by molar-refractivity contribution is 0.475. The van der Waals surface area contributed by atoms with Gasteiger partial charge in [0.25, 0.3) is 0 Å². The second kappa shape index (κ2) is 4.77. The van der Waals surface area contributed by atoms with E-state index in [2.05, 4.69) is 10.5 Å². The molecule has 3 aromatic rings. The highest BCUT2D eigenvalue weighted by atomic mass is 16.3. The quantitative estimate of drug-likeness (QED) is 0.566. The van der Waals surface area contributed by atoms with E-state index in [0.29, 0.717) is 0 Å². The van der Waals surface area contributed by atoms with Gasteiger partial charge in [-0.2, -0.15) is 5.10 Å². The minimum Gasteiger partial charge on any atom is -0.459 e. The summed E-state index contributed by atoms with van der Waals surface area (Å²) in [6.07, 6.45) is 1.82. The predicted octanol–water partition coefficient (Wildman–Crippen LogP) is 2.34. The van der Waals surface area contributed by atoms with E-state index in [4.69, 9.17) is 10.3 Å². The van der Waals surface area contributed by atoms with E-state index in [9.17, 15) is 0 Å². The molecule has 0 aliphatic carbocycles. The largest absolute Gasteiger partial charge is 0.459 e. The van der Waals surface area contributed by atoms with Gasteiger partial charge in [-0.05, 0) is 25.5 Å². The minimum atomic E-state index is -0.199. The van der Waals surface area contributed by atoms with Crippen molar-refractivity contribution >= 4 is 11.0 Å². The number of aromatic nitrogens is 2. The first-order valence-corrected chi connectivity index (χ1v) is 6.55. The van der Waals surface area contributed by atoms with E-state index in [1.54, 1.807) is 0 Å². The number of nitrogens with two attached hydrogens (primary N) is 1. The van der Waals surface area contributed by atoms with Crippen LogP contribution in [-0.4, -0.2) is 9.78 Å². The maximum absolute atomic E-state index is 5.99. The Morgan fingerprint density at radius 2 is 2.15 bits per heavy atom. The maximum Gasteiger partial charge on any atom is 0.137 e. The van der Waals surface area contributed by atoms with Crippen LogP contribution in [0.1, 0.15) is 28.6 Å². The van der Waals surface area contributed by atoms with Gasteiger partial charge in [0.15, 0.2) is 0 Å². The maximum atomic E-state index is 5.99. The van der Waals surface area contributed by atoms with Crippen molar-refractivity contribution < 1.29 is 4.42 Å². The van der Waals surface area contributed by atoms with E-state index in [0.717, 1.165) is 33.6 Å². The van der Waals surface area contributed by atoms with Crippen molar-refractivity contribution in [3.05, 3.63) is 53.0 Å². The van der Waals surface area contributed by atoms with Gasteiger partial charge in [0.05, 0.1) is 6.20 Å². The van der Waals surface area contributed by atoms with Crippen LogP contribution < -0.4 is 11.3 Å². The molecule has 0 amide bonds. The Morgan fingerprint density at radius 1 is 1.35 bits per heavy atom. The van der Waals surface area contributed by atoms with Crippen LogP contribution in [0.4, 0.5) is 0 Å².